The first-order valence-corrected chi connectivity index (χ1v) is 6.04. The lowest BCUT2D eigenvalue weighted by molar-refractivity contribution is 0.416. The fraction of sp³-hybridized carbons (Fsp3) is 0.250. The van der Waals surface area contributed by atoms with Gasteiger partial charge in [0.1, 0.15) is 5.75 Å². The van der Waals surface area contributed by atoms with E-state index in [1.807, 2.05) is 12.1 Å². The number of methoxy groups -OCH3 is 1. The molecule has 0 saturated heterocycles. The molecule has 2 aromatic carbocycles. The number of benzene rings is 2. The topological polar surface area (TPSA) is 35.2 Å². The van der Waals surface area contributed by atoms with E-state index in [-0.39, 0.29) is 0 Å². The summed E-state index contributed by atoms with van der Waals surface area (Å²) < 4.78 is 5.52. The minimum atomic E-state index is 0.792. The third-order valence-electron chi connectivity index (χ3n) is 3.18. The van der Waals surface area contributed by atoms with Crippen LogP contribution in [-0.2, 0) is 0 Å². The van der Waals surface area contributed by atoms with Gasteiger partial charge in [0.2, 0.25) is 0 Å². The lowest BCUT2D eigenvalue weighted by Gasteiger charge is -2.15. The standard InChI is InChI=1S/C16H19NO/c1-10-7-12(3)16(15(8-10)18-4)14-6-5-13(17)9-11(14)2/h5-9H,17H2,1-4H3. The number of nitrogen functional groups attached to an aromatic ring is 1. The van der Waals surface area contributed by atoms with Crippen molar-refractivity contribution in [3.63, 3.8) is 0 Å². The minimum absolute atomic E-state index is 0.792. The molecule has 0 aliphatic heterocycles. The molecule has 2 heteroatoms. The zero-order valence-electron chi connectivity index (χ0n) is 11.4. The number of aryl methyl sites for hydroxylation is 3. The van der Waals surface area contributed by atoms with E-state index in [4.69, 9.17) is 10.5 Å². The molecule has 0 aliphatic rings. The van der Waals surface area contributed by atoms with Crippen molar-refractivity contribution in [1.82, 2.24) is 0 Å². The van der Waals surface area contributed by atoms with Crippen molar-refractivity contribution < 1.29 is 4.74 Å². The maximum absolute atomic E-state index is 5.81. The van der Waals surface area contributed by atoms with Crippen LogP contribution in [0.5, 0.6) is 5.75 Å². The zero-order valence-corrected chi connectivity index (χ0v) is 11.4. The van der Waals surface area contributed by atoms with Gasteiger partial charge in [-0.05, 0) is 61.2 Å². The second-order valence-electron chi connectivity index (χ2n) is 4.73. The van der Waals surface area contributed by atoms with E-state index in [9.17, 15) is 0 Å². The summed E-state index contributed by atoms with van der Waals surface area (Å²) in [6, 6.07) is 10.2. The Hall–Kier alpha value is -1.96. The van der Waals surface area contributed by atoms with Gasteiger partial charge in [0.15, 0.2) is 0 Å². The number of hydrogen-bond acceptors (Lipinski definition) is 2. The van der Waals surface area contributed by atoms with E-state index < -0.39 is 0 Å². The molecule has 0 unspecified atom stereocenters. The van der Waals surface area contributed by atoms with E-state index in [0.717, 1.165) is 17.0 Å². The van der Waals surface area contributed by atoms with Crippen LogP contribution in [0.2, 0.25) is 0 Å². The van der Waals surface area contributed by atoms with Gasteiger partial charge < -0.3 is 10.5 Å². The second kappa shape index (κ2) is 4.73. The van der Waals surface area contributed by atoms with Crippen molar-refractivity contribution in [3.05, 3.63) is 47.0 Å². The summed E-state index contributed by atoms with van der Waals surface area (Å²) in [6.45, 7) is 6.26. The highest BCUT2D eigenvalue weighted by Crippen LogP contribution is 2.36. The minimum Gasteiger partial charge on any atom is -0.496 e. The molecule has 0 amide bonds. The van der Waals surface area contributed by atoms with Gasteiger partial charge in [-0.25, -0.2) is 0 Å². The average Bonchev–Trinajstić information content (AvgIpc) is 2.29. The van der Waals surface area contributed by atoms with Crippen LogP contribution in [0, 0.1) is 20.8 Å². The lowest BCUT2D eigenvalue weighted by atomic mass is 9.94. The number of anilines is 1. The van der Waals surface area contributed by atoms with Gasteiger partial charge in [-0.2, -0.15) is 0 Å². The molecule has 0 aromatic heterocycles. The van der Waals surface area contributed by atoms with Crippen molar-refractivity contribution in [3.8, 4) is 16.9 Å². The maximum Gasteiger partial charge on any atom is 0.127 e. The van der Waals surface area contributed by atoms with Crippen LogP contribution in [0.1, 0.15) is 16.7 Å². The largest absolute Gasteiger partial charge is 0.496 e. The van der Waals surface area contributed by atoms with E-state index in [1.54, 1.807) is 7.11 Å². The molecule has 2 aromatic rings. The summed E-state index contributed by atoms with van der Waals surface area (Å²) in [7, 11) is 1.71. The summed E-state index contributed by atoms with van der Waals surface area (Å²) in [5.41, 5.74) is 12.5. The predicted octanol–water partition coefficient (Wildman–Crippen LogP) is 3.87. The van der Waals surface area contributed by atoms with Crippen LogP contribution >= 0.6 is 0 Å². The summed E-state index contributed by atoms with van der Waals surface area (Å²) >= 11 is 0. The van der Waals surface area contributed by atoms with Crippen LogP contribution in [0.4, 0.5) is 5.69 Å². The molecule has 2 rings (SSSR count). The number of rotatable bonds is 2. The third kappa shape index (κ3) is 2.19. The van der Waals surface area contributed by atoms with Crippen LogP contribution in [0.15, 0.2) is 30.3 Å². The van der Waals surface area contributed by atoms with Gasteiger partial charge in [-0.15, -0.1) is 0 Å². The Morgan fingerprint density at radius 2 is 1.67 bits per heavy atom. The Morgan fingerprint density at radius 1 is 0.944 bits per heavy atom. The predicted molar refractivity (Wildman–Crippen MR) is 77.1 cm³/mol. The van der Waals surface area contributed by atoms with E-state index >= 15 is 0 Å². The summed E-state index contributed by atoms with van der Waals surface area (Å²) in [5, 5.41) is 0. The highest BCUT2D eigenvalue weighted by Gasteiger charge is 2.12. The molecule has 18 heavy (non-hydrogen) atoms. The average molecular weight is 241 g/mol. The first-order chi connectivity index (χ1) is 8.52. The second-order valence-corrected chi connectivity index (χ2v) is 4.73. The first-order valence-electron chi connectivity index (χ1n) is 6.04. The van der Waals surface area contributed by atoms with Gasteiger partial charge in [0.05, 0.1) is 7.11 Å². The molecule has 0 bridgehead atoms. The molecular weight excluding hydrogens is 222 g/mol. The summed E-state index contributed by atoms with van der Waals surface area (Å²) in [5.74, 6) is 0.917. The Morgan fingerprint density at radius 3 is 2.28 bits per heavy atom. The lowest BCUT2D eigenvalue weighted by Crippen LogP contribution is -1.95. The van der Waals surface area contributed by atoms with Crippen molar-refractivity contribution in [1.29, 1.82) is 0 Å². The quantitative estimate of drug-likeness (QED) is 0.810. The molecule has 0 spiro atoms. The van der Waals surface area contributed by atoms with Gasteiger partial charge in [0.25, 0.3) is 0 Å². The molecule has 2 nitrogen and oxygen atoms in total. The number of nitrogens with two attached hydrogens (primary N) is 1. The van der Waals surface area contributed by atoms with Crippen molar-refractivity contribution in [2.45, 2.75) is 20.8 Å². The molecule has 0 aliphatic carbocycles. The third-order valence-corrected chi connectivity index (χ3v) is 3.18. The van der Waals surface area contributed by atoms with Gasteiger partial charge in [-0.3, -0.25) is 0 Å². The molecule has 0 saturated carbocycles. The van der Waals surface area contributed by atoms with E-state index in [2.05, 4.69) is 39.0 Å². The summed E-state index contributed by atoms with van der Waals surface area (Å²) in [4.78, 5) is 0. The zero-order chi connectivity index (χ0) is 13.3. The van der Waals surface area contributed by atoms with E-state index in [0.29, 0.717) is 0 Å². The molecule has 2 N–H and O–H groups in total. The number of ether oxygens (including phenoxy) is 1. The smallest absolute Gasteiger partial charge is 0.127 e. The summed E-state index contributed by atoms with van der Waals surface area (Å²) in [6.07, 6.45) is 0. The Kier molecular flexibility index (Phi) is 3.28. The number of hydrogen-bond donors (Lipinski definition) is 1. The Labute approximate surface area is 108 Å². The molecule has 0 atom stereocenters. The van der Waals surface area contributed by atoms with Crippen LogP contribution in [0.25, 0.3) is 11.1 Å². The molecular formula is C16H19NO. The Balaban J connectivity index is 2.70. The molecule has 94 valence electrons. The fourth-order valence-corrected chi connectivity index (χ4v) is 2.40. The Bertz CT molecular complexity index is 588. The van der Waals surface area contributed by atoms with Gasteiger partial charge >= 0.3 is 0 Å². The highest BCUT2D eigenvalue weighted by molar-refractivity contribution is 5.78. The van der Waals surface area contributed by atoms with Crippen molar-refractivity contribution in [2.24, 2.45) is 0 Å². The van der Waals surface area contributed by atoms with Crippen molar-refractivity contribution >= 4 is 5.69 Å². The highest BCUT2D eigenvalue weighted by atomic mass is 16.5. The van der Waals surface area contributed by atoms with Crippen LogP contribution < -0.4 is 10.5 Å². The normalized spacial score (nSPS) is 10.4. The molecule has 0 heterocycles. The molecule has 0 fully saturated rings. The first kappa shape index (κ1) is 12.5. The SMILES string of the molecule is COc1cc(C)cc(C)c1-c1ccc(N)cc1C. The fourth-order valence-electron chi connectivity index (χ4n) is 2.40. The van der Waals surface area contributed by atoms with Crippen LogP contribution in [0.3, 0.4) is 0 Å². The monoisotopic (exact) mass is 241 g/mol. The van der Waals surface area contributed by atoms with Gasteiger partial charge in [0, 0.05) is 11.3 Å². The van der Waals surface area contributed by atoms with Crippen LogP contribution in [-0.4, -0.2) is 7.11 Å². The maximum atomic E-state index is 5.81. The molecule has 0 radical (unpaired) electrons. The van der Waals surface area contributed by atoms with E-state index in [1.165, 1.54) is 22.3 Å². The van der Waals surface area contributed by atoms with Gasteiger partial charge in [-0.1, -0.05) is 12.1 Å². The van der Waals surface area contributed by atoms with Crippen molar-refractivity contribution in [2.75, 3.05) is 12.8 Å².